The topological polar surface area (TPSA) is 78.0 Å². The number of hydrogen-bond acceptors (Lipinski definition) is 4. The molecule has 142 valence electrons. The Hall–Kier alpha value is -3.03. The molecule has 0 aliphatic rings. The van der Waals surface area contributed by atoms with Crippen molar-refractivity contribution in [2.75, 3.05) is 0 Å². The van der Waals surface area contributed by atoms with E-state index >= 15 is 0 Å². The number of carbonyl (C=O) groups excluding carboxylic acids is 1. The summed E-state index contributed by atoms with van der Waals surface area (Å²) in [6.07, 6.45) is 2.73. The Labute approximate surface area is 169 Å². The second-order valence-electron chi connectivity index (χ2n) is 5.80. The van der Waals surface area contributed by atoms with Crippen molar-refractivity contribution in [3.63, 3.8) is 0 Å². The van der Waals surface area contributed by atoms with E-state index in [1.165, 1.54) is 53.2 Å². The van der Waals surface area contributed by atoms with Gasteiger partial charge in [-0.1, -0.05) is 23.2 Å². The number of aryl methyl sites for hydroxylation is 1. The predicted octanol–water partition coefficient (Wildman–Crippen LogP) is 5.43. The van der Waals surface area contributed by atoms with E-state index in [-0.39, 0.29) is 27.2 Å². The van der Waals surface area contributed by atoms with Crippen LogP contribution in [0.3, 0.4) is 0 Å². The lowest BCUT2D eigenvalue weighted by Crippen LogP contribution is -1.97. The van der Waals surface area contributed by atoms with Gasteiger partial charge >= 0.3 is 0 Å². The van der Waals surface area contributed by atoms with Gasteiger partial charge in [0.1, 0.15) is 16.0 Å². The van der Waals surface area contributed by atoms with E-state index in [4.69, 9.17) is 23.2 Å². The molecule has 3 rings (SSSR count). The monoisotopic (exact) mass is 419 g/mol. The first-order valence-electron chi connectivity index (χ1n) is 7.95. The zero-order valence-electron chi connectivity index (χ0n) is 14.4. The fourth-order valence-electron chi connectivity index (χ4n) is 2.51. The molecular formula is C19H12Cl2FN3O3. The van der Waals surface area contributed by atoms with Crippen molar-refractivity contribution in [1.29, 1.82) is 0 Å². The number of benzene rings is 2. The van der Waals surface area contributed by atoms with Crippen LogP contribution in [0.2, 0.25) is 10.2 Å². The van der Waals surface area contributed by atoms with E-state index in [2.05, 4.69) is 5.10 Å². The summed E-state index contributed by atoms with van der Waals surface area (Å²) in [7, 11) is 0. The maximum absolute atomic E-state index is 13.1. The van der Waals surface area contributed by atoms with Gasteiger partial charge in [0.25, 0.3) is 5.69 Å². The first kappa shape index (κ1) is 19.7. The Morgan fingerprint density at radius 3 is 2.54 bits per heavy atom. The molecule has 3 aromatic rings. The molecule has 0 aliphatic heterocycles. The zero-order chi connectivity index (χ0) is 20.4. The molecule has 0 radical (unpaired) electrons. The average molecular weight is 420 g/mol. The summed E-state index contributed by atoms with van der Waals surface area (Å²) in [5.41, 5.74) is 1.39. The van der Waals surface area contributed by atoms with E-state index in [0.717, 1.165) is 6.07 Å². The van der Waals surface area contributed by atoms with Crippen LogP contribution in [0.15, 0.2) is 48.5 Å². The summed E-state index contributed by atoms with van der Waals surface area (Å²) in [4.78, 5) is 22.7. The molecule has 0 bridgehead atoms. The quantitative estimate of drug-likeness (QED) is 0.239. The Bertz CT molecular complexity index is 1110. The number of ketones is 1. The summed E-state index contributed by atoms with van der Waals surface area (Å²) in [5.74, 6) is -0.837. The maximum atomic E-state index is 13.1. The molecule has 0 fully saturated rings. The molecule has 0 unspecified atom stereocenters. The van der Waals surface area contributed by atoms with E-state index in [9.17, 15) is 19.3 Å². The van der Waals surface area contributed by atoms with E-state index in [1.807, 2.05) is 0 Å². The normalized spacial score (nSPS) is 11.1. The molecule has 2 aromatic carbocycles. The van der Waals surface area contributed by atoms with Crippen molar-refractivity contribution in [2.24, 2.45) is 0 Å². The Balaban J connectivity index is 1.90. The molecule has 1 heterocycles. The van der Waals surface area contributed by atoms with Gasteiger partial charge in [-0.05, 0) is 55.5 Å². The van der Waals surface area contributed by atoms with Crippen LogP contribution in [-0.4, -0.2) is 20.5 Å². The van der Waals surface area contributed by atoms with Crippen LogP contribution >= 0.6 is 23.2 Å². The van der Waals surface area contributed by atoms with Crippen LogP contribution in [0.1, 0.15) is 21.6 Å². The third-order valence-electron chi connectivity index (χ3n) is 3.95. The molecule has 0 spiro atoms. The molecule has 0 saturated carbocycles. The number of nitro groups is 1. The van der Waals surface area contributed by atoms with Gasteiger partial charge in [-0.25, -0.2) is 9.07 Å². The minimum atomic E-state index is -0.656. The highest BCUT2D eigenvalue weighted by molar-refractivity contribution is 6.33. The summed E-state index contributed by atoms with van der Waals surface area (Å²) in [5, 5.41) is 15.5. The molecule has 0 N–H and O–H groups in total. The number of hydrogen-bond donors (Lipinski definition) is 0. The van der Waals surface area contributed by atoms with Crippen molar-refractivity contribution in [3.8, 4) is 5.69 Å². The Morgan fingerprint density at radius 2 is 1.89 bits per heavy atom. The molecule has 0 aliphatic carbocycles. The number of nitro benzene ring substituents is 1. The van der Waals surface area contributed by atoms with Gasteiger partial charge < -0.3 is 0 Å². The van der Waals surface area contributed by atoms with E-state index < -0.39 is 10.7 Å². The van der Waals surface area contributed by atoms with Crippen LogP contribution < -0.4 is 0 Å². The lowest BCUT2D eigenvalue weighted by Gasteiger charge is -2.02. The van der Waals surface area contributed by atoms with Gasteiger partial charge in [0, 0.05) is 17.2 Å². The van der Waals surface area contributed by atoms with Gasteiger partial charge in [0.05, 0.1) is 16.3 Å². The second kappa shape index (κ2) is 7.92. The van der Waals surface area contributed by atoms with Gasteiger partial charge in [-0.3, -0.25) is 14.9 Å². The first-order chi connectivity index (χ1) is 13.3. The van der Waals surface area contributed by atoms with Gasteiger partial charge in [0.15, 0.2) is 5.78 Å². The highest BCUT2D eigenvalue weighted by Crippen LogP contribution is 2.27. The Morgan fingerprint density at radius 1 is 1.21 bits per heavy atom. The smallest absolute Gasteiger partial charge is 0.288 e. The van der Waals surface area contributed by atoms with Crippen LogP contribution in [0.25, 0.3) is 11.8 Å². The van der Waals surface area contributed by atoms with Crippen LogP contribution in [0, 0.1) is 22.9 Å². The van der Waals surface area contributed by atoms with Gasteiger partial charge in [-0.2, -0.15) is 5.10 Å². The number of nitrogens with zero attached hydrogens (tertiary/aromatic N) is 3. The predicted molar refractivity (Wildman–Crippen MR) is 105 cm³/mol. The molecule has 9 heteroatoms. The summed E-state index contributed by atoms with van der Waals surface area (Å²) in [6, 6.07) is 9.44. The number of halogens is 3. The average Bonchev–Trinajstić information content (AvgIpc) is 2.94. The summed E-state index contributed by atoms with van der Waals surface area (Å²) in [6.45, 7) is 1.71. The molecule has 1 aromatic heterocycles. The molecule has 0 saturated heterocycles. The molecule has 0 amide bonds. The maximum Gasteiger partial charge on any atom is 0.288 e. The number of allylic oxidation sites excluding steroid dienone is 1. The van der Waals surface area contributed by atoms with Gasteiger partial charge in [0.2, 0.25) is 0 Å². The zero-order valence-corrected chi connectivity index (χ0v) is 15.9. The van der Waals surface area contributed by atoms with E-state index in [1.54, 1.807) is 6.92 Å². The highest BCUT2D eigenvalue weighted by Gasteiger charge is 2.16. The third-order valence-corrected chi connectivity index (χ3v) is 4.63. The largest absolute Gasteiger partial charge is 0.289 e. The van der Waals surface area contributed by atoms with Crippen LogP contribution in [0.5, 0.6) is 0 Å². The number of rotatable bonds is 5. The molecule has 0 atom stereocenters. The SMILES string of the molecule is Cc1nn(-c2ccc(F)cc2)c(Cl)c1C=CC(=O)c1ccc(Cl)c([N+](=O)[O-])c1. The van der Waals surface area contributed by atoms with Crippen molar-refractivity contribution in [2.45, 2.75) is 6.92 Å². The lowest BCUT2D eigenvalue weighted by atomic mass is 10.1. The van der Waals surface area contributed by atoms with Crippen molar-refractivity contribution >= 4 is 40.7 Å². The standard InChI is InChI=1S/C19H12Cl2FN3O3/c1-11-15(19(21)24(23-11)14-5-3-13(22)4-6-14)7-9-18(26)12-2-8-16(20)17(10-12)25(27)28/h2-10H,1H3. The summed E-state index contributed by atoms with van der Waals surface area (Å²) >= 11 is 12.1. The Kier molecular flexibility index (Phi) is 5.58. The fourth-order valence-corrected chi connectivity index (χ4v) is 3.04. The number of carbonyl (C=O) groups is 1. The highest BCUT2D eigenvalue weighted by atomic mass is 35.5. The lowest BCUT2D eigenvalue weighted by molar-refractivity contribution is -0.384. The van der Waals surface area contributed by atoms with Crippen LogP contribution in [0.4, 0.5) is 10.1 Å². The second-order valence-corrected chi connectivity index (χ2v) is 6.56. The van der Waals surface area contributed by atoms with E-state index in [0.29, 0.717) is 16.9 Å². The van der Waals surface area contributed by atoms with Crippen LogP contribution in [-0.2, 0) is 0 Å². The van der Waals surface area contributed by atoms with Crippen molar-refractivity contribution in [3.05, 3.63) is 91.5 Å². The van der Waals surface area contributed by atoms with Crippen molar-refractivity contribution in [1.82, 2.24) is 9.78 Å². The molecule has 6 nitrogen and oxygen atoms in total. The molecule has 28 heavy (non-hydrogen) atoms. The minimum absolute atomic E-state index is 0.0509. The minimum Gasteiger partial charge on any atom is -0.289 e. The number of aromatic nitrogens is 2. The van der Waals surface area contributed by atoms with Crippen molar-refractivity contribution < 1.29 is 14.1 Å². The van der Waals surface area contributed by atoms with Gasteiger partial charge in [-0.15, -0.1) is 0 Å². The summed E-state index contributed by atoms with van der Waals surface area (Å²) < 4.78 is 14.5. The fraction of sp³-hybridized carbons (Fsp3) is 0.0526. The first-order valence-corrected chi connectivity index (χ1v) is 8.71. The third kappa shape index (κ3) is 3.95. The molecular weight excluding hydrogens is 408 g/mol.